The van der Waals surface area contributed by atoms with Crippen LogP contribution < -0.4 is 43.4 Å². The Morgan fingerprint density at radius 1 is 0.365 bits per heavy atom. The number of nitrogens with one attached hydrogen (secondary N) is 6. The van der Waals surface area contributed by atoms with Gasteiger partial charge in [-0.3, -0.25) is 8.80 Å². The number of unbranched alkanes of at least 4 members (excludes halogenated alkanes) is 2. The first kappa shape index (κ1) is 71.9. The number of nitrogens with two attached hydrogens (primary N) is 2. The molecular weight excluding hydrogens is 1400 g/mol. The molecule has 0 amide bonds. The zero-order valence-corrected chi connectivity index (χ0v) is 51.0. The molecule has 63 heavy (non-hydrogen) atoms. The fourth-order valence-electron chi connectivity index (χ4n) is 6.08. The summed E-state index contributed by atoms with van der Waals surface area (Å²) in [5.41, 5.74) is 16.4. The van der Waals surface area contributed by atoms with Gasteiger partial charge in [-0.25, -0.2) is 19.9 Å². The van der Waals surface area contributed by atoms with Crippen LogP contribution in [0, 0.1) is 0 Å². The molecule has 0 saturated heterocycles. The van der Waals surface area contributed by atoms with E-state index in [1.165, 1.54) is 25.7 Å². The van der Waals surface area contributed by atoms with E-state index in [2.05, 4.69) is 41.9 Å². The number of hydrogen-bond acceptors (Lipinski definition) is 12. The maximum absolute atomic E-state index is 5.46. The van der Waals surface area contributed by atoms with Crippen LogP contribution in [0.2, 0.25) is 0 Å². The van der Waals surface area contributed by atoms with Crippen LogP contribution in [0.1, 0.15) is 51.4 Å². The maximum Gasteiger partial charge on any atom is 0.166 e. The maximum atomic E-state index is 5.46. The minimum absolute atomic E-state index is 0. The Morgan fingerprint density at radius 2 is 0.698 bits per heavy atom. The predicted molar refractivity (Wildman–Crippen MR) is 317 cm³/mol. The van der Waals surface area contributed by atoms with Crippen LogP contribution in [0.25, 0.3) is 33.6 Å². The molecule has 0 atom stereocenters. The Bertz CT molecular complexity index is 1800. The summed E-state index contributed by atoms with van der Waals surface area (Å²) in [6.07, 6.45) is 13.1. The lowest BCUT2D eigenvalue weighted by Crippen LogP contribution is -2.22. The van der Waals surface area contributed by atoms with Crippen LogP contribution in [0.15, 0.2) is 73.1 Å². The van der Waals surface area contributed by atoms with Gasteiger partial charge in [-0.05, 0) is 165 Å². The summed E-state index contributed by atoms with van der Waals surface area (Å²) in [6.45, 7) is 11.8. The van der Waals surface area contributed by atoms with E-state index in [9.17, 15) is 0 Å². The van der Waals surface area contributed by atoms with E-state index in [0.29, 0.717) is 0 Å². The van der Waals surface area contributed by atoms with Crippen LogP contribution in [0.4, 0.5) is 11.6 Å². The molecule has 0 saturated carbocycles. The first-order valence-corrected chi connectivity index (χ1v) is 20.0. The molecule has 0 aliphatic carbocycles. The van der Waals surface area contributed by atoms with E-state index >= 15 is 0 Å². The number of fused-ring (bicyclic) bond motifs is 6. The average molecular weight is 1470 g/mol. The normalized spacial score (nSPS) is 9.81. The van der Waals surface area contributed by atoms with Crippen LogP contribution >= 0.6 is 153 Å². The summed E-state index contributed by atoms with van der Waals surface area (Å²) in [5.74, 6) is 1.80. The second kappa shape index (κ2) is 44.4. The molecule has 0 aliphatic heterocycles. The fraction of sp³-hybridized carbons (Fsp3) is 0.500. The third-order valence-corrected chi connectivity index (χ3v) is 9.01. The standard InChI is InChI=1S/2C20H31N7.9BrH/c2*21-10-5-13-22-11-2-3-12-23-14-6-15-24-18-9-8-17-20(26-18)27-16-4-1-7-19(27)25-17;;;;;;;;;/h2*1,4,7-9,16,22-23H,2-3,5-6,10-15,21H2,(H,24,26);9*1H. The van der Waals surface area contributed by atoms with E-state index in [0.717, 1.165) is 149 Å². The molecule has 6 rings (SSSR count). The first-order chi connectivity index (χ1) is 26.8. The molecule has 6 aromatic heterocycles. The molecular formula is C40H71Br9N14. The van der Waals surface area contributed by atoms with Gasteiger partial charge in [-0.1, -0.05) is 12.1 Å². The quantitative estimate of drug-likeness (QED) is 0.0242. The van der Waals surface area contributed by atoms with Crippen molar-refractivity contribution in [2.75, 3.05) is 89.2 Å². The predicted octanol–water partition coefficient (Wildman–Crippen LogP) is 9.19. The molecule has 0 aromatic carbocycles. The molecule has 0 aliphatic rings. The third kappa shape index (κ3) is 26.3. The van der Waals surface area contributed by atoms with Gasteiger partial charge >= 0.3 is 0 Å². The minimum atomic E-state index is 0. The summed E-state index contributed by atoms with van der Waals surface area (Å²) < 4.78 is 4.04. The molecule has 6 aromatic rings. The molecule has 6 heterocycles. The molecule has 0 unspecified atom stereocenters. The molecule has 0 bridgehead atoms. The minimum Gasteiger partial charge on any atom is -0.370 e. The van der Waals surface area contributed by atoms with E-state index in [1.807, 2.05) is 81.9 Å². The largest absolute Gasteiger partial charge is 0.370 e. The second-order valence-electron chi connectivity index (χ2n) is 13.4. The summed E-state index contributed by atoms with van der Waals surface area (Å²) in [5, 5.41) is 20.6. The van der Waals surface area contributed by atoms with Gasteiger partial charge < -0.3 is 43.4 Å². The number of hydrogen-bond donors (Lipinski definition) is 8. The van der Waals surface area contributed by atoms with E-state index in [-0.39, 0.29) is 153 Å². The molecule has 0 spiro atoms. The van der Waals surface area contributed by atoms with Crippen LogP contribution in [0.3, 0.4) is 0 Å². The highest BCUT2D eigenvalue weighted by Crippen LogP contribution is 2.18. The molecule has 0 radical (unpaired) electrons. The second-order valence-corrected chi connectivity index (χ2v) is 13.4. The van der Waals surface area contributed by atoms with Gasteiger partial charge in [0.15, 0.2) is 11.3 Å². The van der Waals surface area contributed by atoms with Gasteiger partial charge in [0, 0.05) is 25.5 Å². The van der Waals surface area contributed by atoms with Crippen molar-refractivity contribution in [1.82, 2.24) is 50.0 Å². The molecule has 0 fully saturated rings. The third-order valence-electron chi connectivity index (χ3n) is 9.01. The Morgan fingerprint density at radius 3 is 1.05 bits per heavy atom. The summed E-state index contributed by atoms with van der Waals surface area (Å²) >= 11 is 0. The number of nitrogens with zero attached hydrogens (tertiary/aromatic N) is 6. The Hall–Kier alpha value is -0.120. The van der Waals surface area contributed by atoms with Crippen molar-refractivity contribution in [1.29, 1.82) is 0 Å². The average Bonchev–Trinajstić information content (AvgIpc) is 3.77. The van der Waals surface area contributed by atoms with E-state index in [4.69, 9.17) is 21.4 Å². The smallest absolute Gasteiger partial charge is 0.166 e. The first-order valence-electron chi connectivity index (χ1n) is 20.0. The van der Waals surface area contributed by atoms with Gasteiger partial charge in [0.25, 0.3) is 0 Å². The van der Waals surface area contributed by atoms with Gasteiger partial charge in [0.1, 0.15) is 34.0 Å². The van der Waals surface area contributed by atoms with E-state index < -0.39 is 0 Å². The molecule has 23 heteroatoms. The van der Waals surface area contributed by atoms with Crippen molar-refractivity contribution in [3.63, 3.8) is 0 Å². The highest BCUT2D eigenvalue weighted by Gasteiger charge is 2.07. The van der Waals surface area contributed by atoms with Crippen molar-refractivity contribution in [3.8, 4) is 0 Å². The van der Waals surface area contributed by atoms with Gasteiger partial charge in [0.05, 0.1) is 0 Å². The number of anilines is 2. The molecule has 10 N–H and O–H groups in total. The zero-order chi connectivity index (χ0) is 37.5. The van der Waals surface area contributed by atoms with Gasteiger partial charge in [0.2, 0.25) is 0 Å². The van der Waals surface area contributed by atoms with Crippen molar-refractivity contribution >= 4 is 198 Å². The lowest BCUT2D eigenvalue weighted by atomic mass is 10.3. The molecule has 364 valence electrons. The number of rotatable bonds is 26. The lowest BCUT2D eigenvalue weighted by Gasteiger charge is -2.07. The van der Waals surface area contributed by atoms with Crippen LogP contribution in [-0.4, -0.2) is 107 Å². The van der Waals surface area contributed by atoms with Gasteiger partial charge in [-0.2, -0.15) is 0 Å². The Balaban J connectivity index is -0.000000311. The lowest BCUT2D eigenvalue weighted by molar-refractivity contribution is 0.572. The number of imidazole rings is 2. The summed E-state index contributed by atoms with van der Waals surface area (Å²) in [7, 11) is 0. The monoisotopic (exact) mass is 1460 g/mol. The summed E-state index contributed by atoms with van der Waals surface area (Å²) in [6, 6.07) is 20.0. The topological polar surface area (TPSA) is 185 Å². The SMILES string of the molecule is Br.Br.Br.Br.Br.Br.Br.Br.Br.NCCCNCCCCNCCCNc1ccc2nc3ccccn3c2n1.NCCCNCCCCNCCCNc1ccc2nc3ccccn3c2n1. The van der Waals surface area contributed by atoms with E-state index in [1.54, 1.807) is 0 Å². The number of pyridine rings is 4. The highest BCUT2D eigenvalue weighted by atomic mass is 79.9. The van der Waals surface area contributed by atoms with Crippen LogP contribution in [0.5, 0.6) is 0 Å². The fourth-order valence-corrected chi connectivity index (χ4v) is 6.08. The Kier molecular flexibility index (Phi) is 50.6. The highest BCUT2D eigenvalue weighted by molar-refractivity contribution is 8.94. The van der Waals surface area contributed by atoms with Crippen LogP contribution in [-0.2, 0) is 0 Å². The molecule has 14 nitrogen and oxygen atoms in total. The Labute approximate surface area is 468 Å². The van der Waals surface area contributed by atoms with Crippen molar-refractivity contribution in [2.45, 2.75) is 51.4 Å². The van der Waals surface area contributed by atoms with Crippen molar-refractivity contribution in [2.24, 2.45) is 11.5 Å². The number of halogens is 9. The van der Waals surface area contributed by atoms with Gasteiger partial charge in [-0.15, -0.1) is 153 Å². The van der Waals surface area contributed by atoms with Crippen molar-refractivity contribution in [3.05, 3.63) is 73.1 Å². The summed E-state index contributed by atoms with van der Waals surface area (Å²) in [4.78, 5) is 18.6. The van der Waals surface area contributed by atoms with Crippen molar-refractivity contribution < 1.29 is 0 Å². The zero-order valence-electron chi connectivity index (χ0n) is 35.6. The number of aromatic nitrogens is 6.